The summed E-state index contributed by atoms with van der Waals surface area (Å²) >= 11 is 1.55. The number of para-hydroxylation sites is 1. The van der Waals surface area contributed by atoms with E-state index in [-0.39, 0.29) is 23.6 Å². The van der Waals surface area contributed by atoms with Crippen LogP contribution in [0.2, 0.25) is 0 Å². The van der Waals surface area contributed by atoms with E-state index in [2.05, 4.69) is 21.5 Å². The summed E-state index contributed by atoms with van der Waals surface area (Å²) in [5, 5.41) is 8.50. The van der Waals surface area contributed by atoms with Gasteiger partial charge in [0.1, 0.15) is 5.69 Å². The van der Waals surface area contributed by atoms with Crippen LogP contribution in [-0.2, 0) is 0 Å². The number of nitrogens with one attached hydrogen (secondary N) is 1. The van der Waals surface area contributed by atoms with E-state index in [0.29, 0.717) is 41.6 Å². The van der Waals surface area contributed by atoms with Gasteiger partial charge in [0.2, 0.25) is 0 Å². The first-order valence-electron chi connectivity index (χ1n) is 11.5. The molecule has 3 heterocycles. The van der Waals surface area contributed by atoms with Gasteiger partial charge in [-0.05, 0) is 49.8 Å². The van der Waals surface area contributed by atoms with Crippen LogP contribution in [0, 0.1) is 25.7 Å². The number of fused-ring (bicyclic) bond motifs is 2. The molecule has 1 aliphatic carbocycles. The van der Waals surface area contributed by atoms with Crippen LogP contribution >= 0.6 is 11.3 Å². The molecule has 0 unspecified atom stereocenters. The van der Waals surface area contributed by atoms with Crippen molar-refractivity contribution in [1.82, 2.24) is 20.4 Å². The van der Waals surface area contributed by atoms with Crippen LogP contribution in [0.1, 0.15) is 38.0 Å². The van der Waals surface area contributed by atoms with Crippen LogP contribution in [-0.4, -0.2) is 46.0 Å². The predicted octanol–water partition coefficient (Wildman–Crippen LogP) is 4.46. The van der Waals surface area contributed by atoms with Gasteiger partial charge in [0.25, 0.3) is 11.8 Å². The van der Waals surface area contributed by atoms with Gasteiger partial charge in [0, 0.05) is 13.1 Å². The Morgan fingerprint density at radius 2 is 2.00 bits per heavy atom. The van der Waals surface area contributed by atoms with E-state index in [1.807, 2.05) is 55.1 Å². The molecule has 1 saturated heterocycles. The Kier molecular flexibility index (Phi) is 4.99. The molecule has 7 nitrogen and oxygen atoms in total. The number of piperidine rings is 1. The van der Waals surface area contributed by atoms with E-state index in [9.17, 15) is 9.59 Å². The fourth-order valence-corrected chi connectivity index (χ4v) is 5.99. The molecule has 6 rings (SSSR count). The van der Waals surface area contributed by atoms with Crippen molar-refractivity contribution in [2.24, 2.45) is 11.8 Å². The van der Waals surface area contributed by atoms with Crippen molar-refractivity contribution in [2.45, 2.75) is 26.3 Å². The molecule has 8 heteroatoms. The van der Waals surface area contributed by atoms with Crippen LogP contribution in [0.15, 0.2) is 53.1 Å². The van der Waals surface area contributed by atoms with Crippen molar-refractivity contribution in [3.8, 4) is 10.4 Å². The van der Waals surface area contributed by atoms with Crippen molar-refractivity contribution >= 4 is 34.1 Å². The summed E-state index contributed by atoms with van der Waals surface area (Å²) in [5.74, 6) is 0.576. The second-order valence-electron chi connectivity index (χ2n) is 9.20. The standard InChI is InChI=1S/C26H24N4O3S/c1-14-6-5-7-16(10-14)24-23(28-15(2)34-24)26(32)30-13-17-11-19(17)20(30)12-27-25(31)22-18-8-3-4-9-21(18)33-29-22/h3-10,17,19-20H,11-13H2,1-2H3,(H,27,31)/t17-,19-,20-/m1/s1. The first-order chi connectivity index (χ1) is 16.5. The minimum absolute atomic E-state index is 0.0491. The number of rotatable bonds is 5. The van der Waals surface area contributed by atoms with Gasteiger partial charge in [0.15, 0.2) is 11.3 Å². The Hall–Kier alpha value is -3.52. The largest absolute Gasteiger partial charge is 0.355 e. The Morgan fingerprint density at radius 1 is 1.15 bits per heavy atom. The van der Waals surface area contributed by atoms with Crippen molar-refractivity contribution in [3.05, 3.63) is 70.5 Å². The van der Waals surface area contributed by atoms with Crippen LogP contribution in [0.25, 0.3) is 21.4 Å². The van der Waals surface area contributed by atoms with Crippen LogP contribution in [0.5, 0.6) is 0 Å². The fraction of sp³-hybridized carbons (Fsp3) is 0.308. The molecule has 4 aromatic rings. The molecule has 2 aliphatic rings. The first kappa shape index (κ1) is 21.0. The number of thiazole rings is 1. The number of carbonyl (C=O) groups is 2. The lowest BCUT2D eigenvalue weighted by Gasteiger charge is -2.27. The molecule has 2 amide bonds. The number of carbonyl (C=O) groups excluding carboxylic acids is 2. The third-order valence-corrected chi connectivity index (χ3v) is 7.87. The molecule has 3 atom stereocenters. The number of hydrogen-bond acceptors (Lipinski definition) is 6. The van der Waals surface area contributed by atoms with Gasteiger partial charge in [-0.2, -0.15) is 0 Å². The van der Waals surface area contributed by atoms with Crippen molar-refractivity contribution < 1.29 is 14.1 Å². The Bertz CT molecular complexity index is 1420. The highest BCUT2D eigenvalue weighted by atomic mass is 32.1. The van der Waals surface area contributed by atoms with Crippen molar-refractivity contribution in [1.29, 1.82) is 0 Å². The first-order valence-corrected chi connectivity index (χ1v) is 12.3. The molecule has 2 fully saturated rings. The van der Waals surface area contributed by atoms with E-state index in [4.69, 9.17) is 4.52 Å². The predicted molar refractivity (Wildman–Crippen MR) is 130 cm³/mol. The van der Waals surface area contributed by atoms with E-state index < -0.39 is 0 Å². The molecule has 0 spiro atoms. The number of likely N-dealkylation sites (tertiary alicyclic amines) is 1. The smallest absolute Gasteiger partial charge is 0.274 e. The SMILES string of the molecule is Cc1cccc(-c2sc(C)nc2C(=O)N2C[C@H]3C[C@H]3[C@H]2CNC(=O)c2noc3ccccc23)c1. The quantitative estimate of drug-likeness (QED) is 0.463. The maximum Gasteiger partial charge on any atom is 0.274 e. The lowest BCUT2D eigenvalue weighted by atomic mass is 10.1. The molecule has 2 aromatic heterocycles. The van der Waals surface area contributed by atoms with Gasteiger partial charge >= 0.3 is 0 Å². The second-order valence-corrected chi connectivity index (χ2v) is 10.4. The van der Waals surface area contributed by atoms with Gasteiger partial charge in [0.05, 0.1) is 21.3 Å². The molecule has 172 valence electrons. The average molecular weight is 473 g/mol. The molecule has 0 radical (unpaired) electrons. The summed E-state index contributed by atoms with van der Waals surface area (Å²) in [6, 6.07) is 15.4. The maximum atomic E-state index is 13.7. The van der Waals surface area contributed by atoms with Crippen LogP contribution < -0.4 is 5.32 Å². The average Bonchev–Trinajstić information content (AvgIpc) is 3.17. The molecule has 1 saturated carbocycles. The molecular formula is C26H24N4O3S. The summed E-state index contributed by atoms with van der Waals surface area (Å²) < 4.78 is 5.27. The summed E-state index contributed by atoms with van der Waals surface area (Å²) in [5.41, 5.74) is 3.52. The Balaban J connectivity index is 1.23. The van der Waals surface area contributed by atoms with Gasteiger partial charge in [-0.1, -0.05) is 47.1 Å². The highest BCUT2D eigenvalue weighted by Crippen LogP contribution is 2.50. The maximum absolute atomic E-state index is 13.7. The van der Waals surface area contributed by atoms with E-state index in [0.717, 1.165) is 27.4 Å². The van der Waals surface area contributed by atoms with Crippen molar-refractivity contribution in [3.63, 3.8) is 0 Å². The Labute approximate surface area is 200 Å². The molecular weight excluding hydrogens is 448 g/mol. The summed E-state index contributed by atoms with van der Waals surface area (Å²) in [7, 11) is 0. The third kappa shape index (κ3) is 3.58. The summed E-state index contributed by atoms with van der Waals surface area (Å²) in [6.07, 6.45) is 1.10. The molecule has 0 bridgehead atoms. The van der Waals surface area contributed by atoms with E-state index >= 15 is 0 Å². The number of hydrogen-bond donors (Lipinski definition) is 1. The molecule has 2 aromatic carbocycles. The van der Waals surface area contributed by atoms with Gasteiger partial charge in [-0.15, -0.1) is 11.3 Å². The minimum Gasteiger partial charge on any atom is -0.355 e. The van der Waals surface area contributed by atoms with Gasteiger partial charge in [-0.25, -0.2) is 4.98 Å². The number of aryl methyl sites for hydroxylation is 2. The van der Waals surface area contributed by atoms with E-state index in [1.165, 1.54) is 0 Å². The molecule has 1 N–H and O–H groups in total. The number of aromatic nitrogens is 2. The lowest BCUT2D eigenvalue weighted by molar-refractivity contribution is 0.0690. The number of benzene rings is 2. The third-order valence-electron chi connectivity index (χ3n) is 6.85. The molecule has 1 aliphatic heterocycles. The summed E-state index contributed by atoms with van der Waals surface area (Å²) in [6.45, 7) is 5.07. The highest BCUT2D eigenvalue weighted by Gasteiger charge is 2.54. The monoisotopic (exact) mass is 472 g/mol. The minimum atomic E-state index is -0.286. The van der Waals surface area contributed by atoms with Crippen LogP contribution in [0.4, 0.5) is 0 Å². The van der Waals surface area contributed by atoms with Gasteiger partial charge < -0.3 is 14.7 Å². The fourth-order valence-electron chi connectivity index (χ4n) is 5.09. The van der Waals surface area contributed by atoms with E-state index in [1.54, 1.807) is 17.4 Å². The second kappa shape index (κ2) is 8.06. The highest BCUT2D eigenvalue weighted by molar-refractivity contribution is 7.15. The normalized spacial score (nSPS) is 21.0. The zero-order valence-electron chi connectivity index (χ0n) is 18.9. The van der Waals surface area contributed by atoms with Crippen molar-refractivity contribution in [2.75, 3.05) is 13.1 Å². The van der Waals surface area contributed by atoms with Crippen LogP contribution in [0.3, 0.4) is 0 Å². The number of nitrogens with zero attached hydrogens (tertiary/aromatic N) is 3. The molecule has 34 heavy (non-hydrogen) atoms. The summed E-state index contributed by atoms with van der Waals surface area (Å²) in [4.78, 5) is 34.0. The lowest BCUT2D eigenvalue weighted by Crippen LogP contribution is -2.45. The zero-order chi connectivity index (χ0) is 23.4. The zero-order valence-corrected chi connectivity index (χ0v) is 19.8. The topological polar surface area (TPSA) is 88.3 Å². The Morgan fingerprint density at radius 3 is 2.85 bits per heavy atom. The van der Waals surface area contributed by atoms with Gasteiger partial charge in [-0.3, -0.25) is 9.59 Å². The number of amides is 2.